The third kappa shape index (κ3) is 3.04. The lowest BCUT2D eigenvalue weighted by atomic mass is 10.2. The van der Waals surface area contributed by atoms with Crippen LogP contribution in [0.15, 0.2) is 9.98 Å². The van der Waals surface area contributed by atoms with E-state index in [0.717, 1.165) is 0 Å². The highest BCUT2D eigenvalue weighted by Gasteiger charge is 2.42. The van der Waals surface area contributed by atoms with Gasteiger partial charge in [0.25, 0.3) is 0 Å². The van der Waals surface area contributed by atoms with Crippen molar-refractivity contribution in [3.05, 3.63) is 0 Å². The van der Waals surface area contributed by atoms with Gasteiger partial charge in [0, 0.05) is 6.54 Å². The molecule has 1 aliphatic rings. The highest BCUT2D eigenvalue weighted by Crippen LogP contribution is 2.25. The fraction of sp³-hybridized carbons (Fsp3) is 0.800. The van der Waals surface area contributed by atoms with E-state index in [2.05, 4.69) is 9.98 Å². The van der Waals surface area contributed by atoms with Crippen molar-refractivity contribution in [1.29, 1.82) is 0 Å². The van der Waals surface area contributed by atoms with Crippen molar-refractivity contribution >= 4 is 11.4 Å². The van der Waals surface area contributed by atoms with Gasteiger partial charge in [-0.1, -0.05) is 13.8 Å². The quantitative estimate of drug-likeness (QED) is 0.735. The summed E-state index contributed by atoms with van der Waals surface area (Å²) in [5.41, 5.74) is -0.781. The Morgan fingerprint density at radius 1 is 1.25 bits per heavy atom. The van der Waals surface area contributed by atoms with E-state index < -0.39 is 18.1 Å². The second-order valence-electron chi connectivity index (χ2n) is 4.45. The number of rotatable bonds is 3. The lowest BCUT2D eigenvalue weighted by Gasteiger charge is -2.12. The Morgan fingerprint density at radius 3 is 2.19 bits per heavy atom. The zero-order valence-corrected chi connectivity index (χ0v) is 9.84. The first-order chi connectivity index (χ1) is 7.21. The van der Waals surface area contributed by atoms with Crippen molar-refractivity contribution in [2.24, 2.45) is 15.9 Å². The monoisotopic (exact) mass is 235 g/mol. The predicted octanol–water partition coefficient (Wildman–Crippen LogP) is 1.99. The van der Waals surface area contributed by atoms with Crippen LogP contribution in [0.1, 0.15) is 13.8 Å². The molecule has 3 nitrogen and oxygen atoms in total. The zero-order chi connectivity index (χ0) is 12.5. The molecule has 0 N–H and O–H groups in total. The second kappa shape index (κ2) is 4.53. The Balaban J connectivity index is 2.96. The fourth-order valence-corrected chi connectivity index (χ4v) is 1.41. The molecule has 0 aromatic heterocycles. The van der Waals surface area contributed by atoms with Crippen LogP contribution in [0.2, 0.25) is 0 Å². The van der Waals surface area contributed by atoms with E-state index in [1.54, 1.807) is 19.0 Å². The molecule has 0 aliphatic carbocycles. The third-order valence-electron chi connectivity index (χ3n) is 2.15. The maximum absolute atomic E-state index is 12.7. The number of alkyl halides is 3. The second-order valence-corrected chi connectivity index (χ2v) is 4.45. The largest absolute Gasteiger partial charge is 0.434 e. The summed E-state index contributed by atoms with van der Waals surface area (Å²) >= 11 is 0. The maximum atomic E-state index is 12.7. The van der Waals surface area contributed by atoms with E-state index in [1.807, 2.05) is 13.8 Å². The summed E-state index contributed by atoms with van der Waals surface area (Å²) in [4.78, 5) is 9.34. The Bertz CT molecular complexity index is 316. The lowest BCUT2D eigenvalue weighted by Crippen LogP contribution is -2.35. The molecule has 0 saturated heterocycles. The van der Waals surface area contributed by atoms with Gasteiger partial charge in [0.1, 0.15) is 6.17 Å². The molecule has 0 amide bonds. The van der Waals surface area contributed by atoms with Crippen molar-refractivity contribution in [2.75, 3.05) is 20.6 Å². The molecule has 0 bridgehead atoms. The summed E-state index contributed by atoms with van der Waals surface area (Å²) in [6.07, 6.45) is -5.00. The summed E-state index contributed by atoms with van der Waals surface area (Å²) in [6, 6.07) is 0. The molecule has 0 saturated carbocycles. The number of hydrogen-bond donors (Lipinski definition) is 0. The van der Waals surface area contributed by atoms with Crippen molar-refractivity contribution < 1.29 is 13.2 Å². The van der Waals surface area contributed by atoms with Crippen LogP contribution in [0.25, 0.3) is 0 Å². The van der Waals surface area contributed by atoms with Gasteiger partial charge < -0.3 is 4.90 Å². The molecule has 1 aliphatic heterocycles. The van der Waals surface area contributed by atoms with E-state index in [1.165, 1.54) is 0 Å². The van der Waals surface area contributed by atoms with E-state index in [9.17, 15) is 13.2 Å². The first-order valence-corrected chi connectivity index (χ1v) is 5.08. The van der Waals surface area contributed by atoms with Crippen LogP contribution in [0.5, 0.6) is 0 Å². The van der Waals surface area contributed by atoms with Crippen molar-refractivity contribution in [2.45, 2.75) is 26.2 Å². The number of aliphatic imine (C=N–C) groups is 2. The highest BCUT2D eigenvalue weighted by atomic mass is 19.4. The van der Waals surface area contributed by atoms with E-state index in [4.69, 9.17) is 0 Å². The first kappa shape index (κ1) is 13.2. The Hall–Kier alpha value is -0.910. The van der Waals surface area contributed by atoms with Crippen LogP contribution in [0.4, 0.5) is 13.2 Å². The minimum atomic E-state index is -4.40. The van der Waals surface area contributed by atoms with Crippen LogP contribution >= 0.6 is 0 Å². The minimum Gasteiger partial charge on any atom is -0.304 e. The van der Waals surface area contributed by atoms with Crippen LogP contribution < -0.4 is 0 Å². The average molecular weight is 235 g/mol. The molecular weight excluding hydrogens is 219 g/mol. The summed E-state index contributed by atoms with van der Waals surface area (Å²) in [5, 5.41) is 0. The van der Waals surface area contributed by atoms with E-state index >= 15 is 0 Å². The van der Waals surface area contributed by atoms with Crippen molar-refractivity contribution in [3.8, 4) is 0 Å². The Morgan fingerprint density at radius 2 is 1.81 bits per heavy atom. The van der Waals surface area contributed by atoms with Gasteiger partial charge >= 0.3 is 6.18 Å². The highest BCUT2D eigenvalue weighted by molar-refractivity contribution is 6.46. The predicted molar refractivity (Wildman–Crippen MR) is 58.1 cm³/mol. The lowest BCUT2D eigenvalue weighted by molar-refractivity contribution is -0.0568. The van der Waals surface area contributed by atoms with Gasteiger partial charge in [0.05, 0.1) is 5.71 Å². The standard InChI is InChI=1S/C10H16F3N3/c1-6(2)9-14-7(5-16(3)4)8(15-9)10(11,12)13/h6,9H,5H2,1-4H3. The molecule has 0 aromatic carbocycles. The molecule has 1 atom stereocenters. The van der Waals surface area contributed by atoms with Crippen LogP contribution in [0.3, 0.4) is 0 Å². The van der Waals surface area contributed by atoms with Gasteiger partial charge in [-0.25, -0.2) is 0 Å². The van der Waals surface area contributed by atoms with Crippen molar-refractivity contribution in [1.82, 2.24) is 4.90 Å². The van der Waals surface area contributed by atoms with Crippen molar-refractivity contribution in [3.63, 3.8) is 0 Å². The van der Waals surface area contributed by atoms with Crippen LogP contribution in [0, 0.1) is 5.92 Å². The molecule has 1 rings (SSSR count). The minimum absolute atomic E-state index is 0.0167. The topological polar surface area (TPSA) is 28.0 Å². The molecule has 0 radical (unpaired) electrons. The van der Waals surface area contributed by atoms with Crippen LogP contribution in [-0.4, -0.2) is 49.3 Å². The molecule has 0 spiro atoms. The normalized spacial score (nSPS) is 21.7. The van der Waals surface area contributed by atoms with Gasteiger partial charge in [0.2, 0.25) is 0 Å². The number of nitrogens with zero attached hydrogens (tertiary/aromatic N) is 3. The number of halogens is 3. The molecular formula is C10H16F3N3. The Kier molecular flexibility index (Phi) is 3.72. The number of hydrogen-bond acceptors (Lipinski definition) is 3. The van der Waals surface area contributed by atoms with Gasteiger partial charge in [-0.2, -0.15) is 13.2 Å². The summed E-state index contributed by atoms with van der Waals surface area (Å²) in [7, 11) is 3.42. The molecule has 0 fully saturated rings. The molecule has 92 valence electrons. The van der Waals surface area contributed by atoms with E-state index in [0.29, 0.717) is 0 Å². The van der Waals surface area contributed by atoms with E-state index in [-0.39, 0.29) is 18.2 Å². The SMILES string of the molecule is CC(C)C1N=C(CN(C)C)C(C(F)(F)F)=N1. The average Bonchev–Trinajstić information content (AvgIpc) is 2.45. The van der Waals surface area contributed by atoms with Gasteiger partial charge in [-0.3, -0.25) is 9.98 Å². The molecule has 6 heteroatoms. The Labute approximate surface area is 93.1 Å². The fourth-order valence-electron chi connectivity index (χ4n) is 1.41. The zero-order valence-electron chi connectivity index (χ0n) is 9.84. The molecule has 1 unspecified atom stereocenters. The van der Waals surface area contributed by atoms with Gasteiger partial charge in [-0.05, 0) is 20.0 Å². The van der Waals surface area contributed by atoms with Crippen LogP contribution in [-0.2, 0) is 0 Å². The summed E-state index contributed by atoms with van der Waals surface area (Å²) < 4.78 is 38.0. The molecule has 1 heterocycles. The van der Waals surface area contributed by atoms with Gasteiger partial charge in [-0.15, -0.1) is 0 Å². The molecule has 16 heavy (non-hydrogen) atoms. The maximum Gasteiger partial charge on any atom is 0.434 e. The third-order valence-corrected chi connectivity index (χ3v) is 2.15. The first-order valence-electron chi connectivity index (χ1n) is 5.08. The smallest absolute Gasteiger partial charge is 0.304 e. The van der Waals surface area contributed by atoms with Gasteiger partial charge in [0.15, 0.2) is 5.71 Å². The molecule has 0 aromatic rings. The summed E-state index contributed by atoms with van der Waals surface area (Å²) in [6.45, 7) is 3.79. The summed E-state index contributed by atoms with van der Waals surface area (Å²) in [5.74, 6) is -0.0167.